The summed E-state index contributed by atoms with van der Waals surface area (Å²) in [4.78, 5) is 0. The van der Waals surface area contributed by atoms with Crippen LogP contribution < -0.4 is 0 Å². The molecule has 84 valence electrons. The van der Waals surface area contributed by atoms with Crippen molar-refractivity contribution in [3.05, 3.63) is 12.2 Å². The number of aliphatic hydroxyl groups excluding tert-OH is 1. The van der Waals surface area contributed by atoms with Crippen LogP contribution in [0, 0.1) is 5.41 Å². The summed E-state index contributed by atoms with van der Waals surface area (Å²) in [5.74, 6) is 0.682. The third kappa shape index (κ3) is 2.37. The van der Waals surface area contributed by atoms with E-state index in [0.29, 0.717) is 11.2 Å². The quantitative estimate of drug-likeness (QED) is 0.825. The summed E-state index contributed by atoms with van der Waals surface area (Å²) in [6, 6.07) is 0. The van der Waals surface area contributed by atoms with Crippen molar-refractivity contribution < 1.29 is 5.11 Å². The molecule has 0 radical (unpaired) electrons. The molecule has 4 nitrogen and oxygen atoms in total. The van der Waals surface area contributed by atoms with Gasteiger partial charge in [-0.2, -0.15) is 0 Å². The van der Waals surface area contributed by atoms with Gasteiger partial charge < -0.3 is 9.67 Å². The Balaban J connectivity index is 2.06. The van der Waals surface area contributed by atoms with E-state index in [0.717, 1.165) is 6.54 Å². The highest BCUT2D eigenvalue weighted by Crippen LogP contribution is 2.37. The second-order valence-corrected chi connectivity index (χ2v) is 4.90. The summed E-state index contributed by atoms with van der Waals surface area (Å²) in [5.41, 5.74) is 0.366. The van der Waals surface area contributed by atoms with Gasteiger partial charge in [0.1, 0.15) is 12.9 Å². The van der Waals surface area contributed by atoms with Crippen molar-refractivity contribution in [1.82, 2.24) is 14.8 Å². The van der Waals surface area contributed by atoms with Gasteiger partial charge in [0.25, 0.3) is 0 Å². The normalized spacial score (nSPS) is 20.4. The van der Waals surface area contributed by atoms with Gasteiger partial charge in [0.15, 0.2) is 5.82 Å². The fourth-order valence-electron chi connectivity index (χ4n) is 2.51. The number of hydrogen-bond donors (Lipinski definition) is 1. The highest BCUT2D eigenvalue weighted by molar-refractivity contribution is 4.87. The van der Waals surface area contributed by atoms with Gasteiger partial charge in [-0.1, -0.05) is 26.2 Å². The monoisotopic (exact) mass is 209 g/mol. The van der Waals surface area contributed by atoms with Gasteiger partial charge in [-0.05, 0) is 18.3 Å². The zero-order chi connectivity index (χ0) is 10.7. The van der Waals surface area contributed by atoms with Gasteiger partial charge in [-0.25, -0.2) is 0 Å². The summed E-state index contributed by atoms with van der Waals surface area (Å²) in [7, 11) is 0. The SMILES string of the molecule is CC1(Cn2cnnc2CO)CCCCC1. The maximum atomic E-state index is 9.10. The minimum absolute atomic E-state index is 0.0178. The first-order valence-electron chi connectivity index (χ1n) is 5.71. The van der Waals surface area contributed by atoms with Gasteiger partial charge in [0.2, 0.25) is 0 Å². The van der Waals surface area contributed by atoms with Crippen LogP contribution in [-0.2, 0) is 13.2 Å². The fourth-order valence-corrected chi connectivity index (χ4v) is 2.51. The highest BCUT2D eigenvalue weighted by Gasteiger charge is 2.27. The van der Waals surface area contributed by atoms with E-state index in [9.17, 15) is 0 Å². The Labute approximate surface area is 90.3 Å². The summed E-state index contributed by atoms with van der Waals surface area (Å²) < 4.78 is 1.99. The van der Waals surface area contributed by atoms with Crippen LogP contribution in [-0.4, -0.2) is 19.9 Å². The van der Waals surface area contributed by atoms with E-state index in [4.69, 9.17) is 5.11 Å². The van der Waals surface area contributed by atoms with Crippen LogP contribution in [0.15, 0.2) is 6.33 Å². The molecule has 1 N–H and O–H groups in total. The molecule has 0 unspecified atom stereocenters. The van der Waals surface area contributed by atoms with E-state index in [1.165, 1.54) is 32.1 Å². The standard InChI is InChI=1S/C11H19N3O/c1-11(5-3-2-4-6-11)8-14-9-12-13-10(14)7-15/h9,15H,2-8H2,1H3. The lowest BCUT2D eigenvalue weighted by atomic mass is 9.75. The minimum Gasteiger partial charge on any atom is -0.388 e. The minimum atomic E-state index is -0.0178. The number of aliphatic hydroxyl groups is 1. The predicted molar refractivity (Wildman–Crippen MR) is 57.1 cm³/mol. The molecule has 1 aromatic heterocycles. The zero-order valence-electron chi connectivity index (χ0n) is 9.32. The van der Waals surface area contributed by atoms with Crippen molar-refractivity contribution in [1.29, 1.82) is 0 Å². The van der Waals surface area contributed by atoms with Gasteiger partial charge in [-0.3, -0.25) is 0 Å². The molecule has 1 heterocycles. The maximum Gasteiger partial charge on any atom is 0.158 e. The molecule has 0 aliphatic heterocycles. The topological polar surface area (TPSA) is 50.9 Å². The Morgan fingerprint density at radius 1 is 1.40 bits per heavy atom. The Bertz CT molecular complexity index is 315. The summed E-state index contributed by atoms with van der Waals surface area (Å²) >= 11 is 0. The molecule has 0 amide bonds. The van der Waals surface area contributed by atoms with Crippen LogP contribution in [0.3, 0.4) is 0 Å². The van der Waals surface area contributed by atoms with Crippen LogP contribution in [0.4, 0.5) is 0 Å². The molecule has 0 atom stereocenters. The van der Waals surface area contributed by atoms with Gasteiger partial charge in [0.05, 0.1) is 0 Å². The highest BCUT2D eigenvalue weighted by atomic mass is 16.3. The first kappa shape index (κ1) is 10.6. The van der Waals surface area contributed by atoms with Gasteiger partial charge >= 0.3 is 0 Å². The Morgan fingerprint density at radius 2 is 2.13 bits per heavy atom. The molecular weight excluding hydrogens is 190 g/mol. The smallest absolute Gasteiger partial charge is 0.158 e. The van der Waals surface area contributed by atoms with Crippen LogP contribution in [0.5, 0.6) is 0 Å². The lowest BCUT2D eigenvalue weighted by molar-refractivity contribution is 0.174. The van der Waals surface area contributed by atoms with Crippen molar-refractivity contribution in [3.63, 3.8) is 0 Å². The van der Waals surface area contributed by atoms with Crippen LogP contribution >= 0.6 is 0 Å². The fraction of sp³-hybridized carbons (Fsp3) is 0.818. The molecule has 1 aliphatic carbocycles. The molecule has 0 aromatic carbocycles. The zero-order valence-corrected chi connectivity index (χ0v) is 9.32. The van der Waals surface area contributed by atoms with Crippen LogP contribution in [0.1, 0.15) is 44.9 Å². The second kappa shape index (κ2) is 4.31. The average molecular weight is 209 g/mol. The van der Waals surface area contributed by atoms with E-state index in [2.05, 4.69) is 17.1 Å². The molecule has 0 spiro atoms. The second-order valence-electron chi connectivity index (χ2n) is 4.90. The van der Waals surface area contributed by atoms with Crippen molar-refractivity contribution in [2.24, 2.45) is 5.41 Å². The number of aromatic nitrogens is 3. The largest absolute Gasteiger partial charge is 0.388 e. The maximum absolute atomic E-state index is 9.10. The lowest BCUT2D eigenvalue weighted by Crippen LogP contribution is -2.26. The molecule has 4 heteroatoms. The van der Waals surface area contributed by atoms with E-state index in [1.807, 2.05) is 4.57 Å². The van der Waals surface area contributed by atoms with E-state index < -0.39 is 0 Å². The van der Waals surface area contributed by atoms with Crippen LogP contribution in [0.25, 0.3) is 0 Å². The third-order valence-corrected chi connectivity index (χ3v) is 3.45. The molecule has 0 bridgehead atoms. The van der Waals surface area contributed by atoms with E-state index in [1.54, 1.807) is 6.33 Å². The van der Waals surface area contributed by atoms with Crippen molar-refractivity contribution in [3.8, 4) is 0 Å². The summed E-state index contributed by atoms with van der Waals surface area (Å²) in [6.07, 6.45) is 8.29. The molecule has 0 saturated heterocycles. The molecule has 1 aromatic rings. The Hall–Kier alpha value is -0.900. The van der Waals surface area contributed by atoms with Gasteiger partial charge in [0, 0.05) is 6.54 Å². The van der Waals surface area contributed by atoms with Gasteiger partial charge in [-0.15, -0.1) is 10.2 Å². The average Bonchev–Trinajstić information content (AvgIpc) is 2.65. The van der Waals surface area contributed by atoms with E-state index >= 15 is 0 Å². The Morgan fingerprint density at radius 3 is 2.80 bits per heavy atom. The Kier molecular flexibility index (Phi) is 3.05. The molecule has 1 saturated carbocycles. The van der Waals surface area contributed by atoms with Crippen molar-refractivity contribution in [2.45, 2.75) is 52.2 Å². The predicted octanol–water partition coefficient (Wildman–Crippen LogP) is 1.74. The molecule has 2 rings (SSSR count). The summed E-state index contributed by atoms with van der Waals surface area (Å²) in [6.45, 7) is 3.25. The summed E-state index contributed by atoms with van der Waals surface area (Å²) in [5, 5.41) is 16.8. The number of rotatable bonds is 3. The lowest BCUT2D eigenvalue weighted by Gasteiger charge is -2.33. The molecule has 15 heavy (non-hydrogen) atoms. The van der Waals surface area contributed by atoms with E-state index in [-0.39, 0.29) is 6.61 Å². The first-order chi connectivity index (χ1) is 7.23. The first-order valence-corrected chi connectivity index (χ1v) is 5.71. The third-order valence-electron chi connectivity index (χ3n) is 3.45. The molecular formula is C11H19N3O. The number of hydrogen-bond acceptors (Lipinski definition) is 3. The van der Waals surface area contributed by atoms with Crippen LogP contribution in [0.2, 0.25) is 0 Å². The molecule has 1 aliphatic rings. The number of nitrogens with zero attached hydrogens (tertiary/aromatic N) is 3. The van der Waals surface area contributed by atoms with Crippen molar-refractivity contribution in [2.75, 3.05) is 0 Å². The molecule has 1 fully saturated rings. The van der Waals surface area contributed by atoms with Crippen molar-refractivity contribution >= 4 is 0 Å².